The van der Waals surface area contributed by atoms with Gasteiger partial charge in [0.2, 0.25) is 0 Å². The smallest absolute Gasteiger partial charge is 0.237 e. The van der Waals surface area contributed by atoms with Crippen molar-refractivity contribution in [2.45, 2.75) is 54.3 Å². The maximum atomic E-state index is 13.0. The molecule has 138 valence electrons. The van der Waals surface area contributed by atoms with Crippen LogP contribution in [-0.4, -0.2) is 41.5 Å². The van der Waals surface area contributed by atoms with Crippen LogP contribution in [0.25, 0.3) is 0 Å². The van der Waals surface area contributed by atoms with E-state index in [0.29, 0.717) is 0 Å². The average molecular weight is 378 g/mol. The molecule has 1 fully saturated rings. The van der Waals surface area contributed by atoms with Crippen LogP contribution < -0.4 is 0 Å². The molecule has 0 aromatic heterocycles. The number of hydrogen-bond donors (Lipinski definition) is 0. The summed E-state index contributed by atoms with van der Waals surface area (Å²) < 4.78 is 176. The SMILES string of the molecule is FC(F)(F)C(F)(F)C(F)(F)C(F)(F)C(F)(F)C(F)(F)C1(F)CC1. The van der Waals surface area contributed by atoms with Crippen molar-refractivity contribution in [1.82, 2.24) is 0 Å². The molecule has 0 N–H and O–H groups in total. The molecule has 0 aromatic carbocycles. The van der Waals surface area contributed by atoms with E-state index in [1.165, 1.54) is 0 Å². The summed E-state index contributed by atoms with van der Waals surface area (Å²) in [6.45, 7) is 0. The molecule has 1 aliphatic carbocycles. The molecule has 0 aromatic rings. The Hall–Kier alpha value is -0.980. The van der Waals surface area contributed by atoms with Crippen molar-refractivity contribution in [3.63, 3.8) is 0 Å². The number of halogens is 14. The van der Waals surface area contributed by atoms with Crippen LogP contribution in [0.1, 0.15) is 12.8 Å². The molecule has 0 amide bonds. The molecule has 0 bridgehead atoms. The Morgan fingerprint density at radius 2 is 0.783 bits per heavy atom. The summed E-state index contributed by atoms with van der Waals surface area (Å²) in [5.74, 6) is -37.8. The van der Waals surface area contributed by atoms with Gasteiger partial charge in [0.15, 0.2) is 5.67 Å². The highest BCUT2D eigenvalue weighted by atomic mass is 19.4. The quantitative estimate of drug-likeness (QED) is 0.575. The molecule has 1 saturated carbocycles. The predicted molar refractivity (Wildman–Crippen MR) is 43.9 cm³/mol. The molecule has 1 rings (SSSR count). The third-order valence-corrected chi connectivity index (χ3v) is 3.19. The lowest BCUT2D eigenvalue weighted by Gasteiger charge is -2.40. The number of alkyl halides is 14. The Morgan fingerprint density at radius 3 is 1.04 bits per heavy atom. The van der Waals surface area contributed by atoms with Gasteiger partial charge in [0.05, 0.1) is 0 Å². The number of hydrogen-bond acceptors (Lipinski definition) is 0. The second kappa shape index (κ2) is 4.55. The fraction of sp³-hybridized carbons (Fsp3) is 1.00. The Labute approximate surface area is 117 Å². The fourth-order valence-electron chi connectivity index (χ4n) is 1.47. The summed E-state index contributed by atoms with van der Waals surface area (Å²) in [7, 11) is 0. The van der Waals surface area contributed by atoms with Crippen LogP contribution in [0.2, 0.25) is 0 Å². The highest BCUT2D eigenvalue weighted by molar-refractivity contribution is 5.18. The first-order chi connectivity index (χ1) is 9.71. The zero-order chi connectivity index (χ0) is 18.9. The average Bonchev–Trinajstić information content (AvgIpc) is 3.06. The van der Waals surface area contributed by atoms with Crippen LogP contribution in [0.4, 0.5) is 61.5 Å². The molecule has 0 aliphatic heterocycles. The lowest BCUT2D eigenvalue weighted by molar-refractivity contribution is -0.444. The van der Waals surface area contributed by atoms with Crippen LogP contribution in [0.5, 0.6) is 0 Å². The van der Waals surface area contributed by atoms with Crippen LogP contribution in [0.3, 0.4) is 0 Å². The molecule has 0 atom stereocenters. The van der Waals surface area contributed by atoms with E-state index in [4.69, 9.17) is 0 Å². The topological polar surface area (TPSA) is 0 Å². The molecule has 0 spiro atoms. The second-order valence-electron chi connectivity index (χ2n) is 4.84. The highest BCUT2D eigenvalue weighted by Crippen LogP contribution is 2.65. The summed E-state index contributed by atoms with van der Waals surface area (Å²) >= 11 is 0. The van der Waals surface area contributed by atoms with E-state index in [2.05, 4.69) is 0 Å². The highest BCUT2D eigenvalue weighted by Gasteiger charge is 2.93. The van der Waals surface area contributed by atoms with Crippen molar-refractivity contribution < 1.29 is 61.5 Å². The largest absolute Gasteiger partial charge is 0.460 e. The molecule has 0 unspecified atom stereocenters. The third-order valence-electron chi connectivity index (χ3n) is 3.19. The monoisotopic (exact) mass is 378 g/mol. The van der Waals surface area contributed by atoms with Crippen molar-refractivity contribution in [3.05, 3.63) is 0 Å². The molecule has 23 heavy (non-hydrogen) atoms. The maximum Gasteiger partial charge on any atom is 0.460 e. The summed E-state index contributed by atoms with van der Waals surface area (Å²) in [6, 6.07) is 0. The van der Waals surface area contributed by atoms with Gasteiger partial charge in [0.25, 0.3) is 0 Å². The van der Waals surface area contributed by atoms with Gasteiger partial charge in [0, 0.05) is 0 Å². The third kappa shape index (κ3) is 2.26. The Kier molecular flexibility index (Phi) is 3.97. The normalized spacial score (nSPS) is 20.6. The van der Waals surface area contributed by atoms with E-state index in [1.807, 2.05) is 0 Å². The summed E-state index contributed by atoms with van der Waals surface area (Å²) in [6.07, 6.45) is -10.4. The predicted octanol–water partition coefficient (Wildman–Crippen LogP) is 5.23. The molecule has 0 nitrogen and oxygen atoms in total. The Bertz CT molecular complexity index is 436. The molecular formula is C9H4F14. The van der Waals surface area contributed by atoms with Crippen LogP contribution in [0.15, 0.2) is 0 Å². The van der Waals surface area contributed by atoms with E-state index in [9.17, 15) is 61.5 Å². The van der Waals surface area contributed by atoms with E-state index in [0.717, 1.165) is 0 Å². The van der Waals surface area contributed by atoms with Gasteiger partial charge in [-0.25, -0.2) is 4.39 Å². The van der Waals surface area contributed by atoms with E-state index in [1.54, 1.807) is 0 Å². The Morgan fingerprint density at radius 1 is 0.478 bits per heavy atom. The second-order valence-corrected chi connectivity index (χ2v) is 4.84. The van der Waals surface area contributed by atoms with Crippen molar-refractivity contribution in [2.75, 3.05) is 0 Å². The fourth-order valence-corrected chi connectivity index (χ4v) is 1.47. The minimum Gasteiger partial charge on any atom is -0.237 e. The first-order valence-electron chi connectivity index (χ1n) is 5.35. The minimum absolute atomic E-state index is 1.49. The first kappa shape index (κ1) is 20.1. The zero-order valence-corrected chi connectivity index (χ0v) is 10.2. The molecular weight excluding hydrogens is 374 g/mol. The van der Waals surface area contributed by atoms with Crippen LogP contribution >= 0.6 is 0 Å². The molecule has 0 heterocycles. The number of rotatable bonds is 5. The van der Waals surface area contributed by atoms with Crippen molar-refractivity contribution >= 4 is 0 Å². The van der Waals surface area contributed by atoms with Crippen molar-refractivity contribution in [1.29, 1.82) is 0 Å². The van der Waals surface area contributed by atoms with E-state index < -0.39 is 54.3 Å². The standard InChI is InChI=1S/C9H4F14/c10-3(1-2-3)4(11,12)5(13,14)6(15,16)7(17,18)8(19,20)9(21,22)23/h1-2H2. The van der Waals surface area contributed by atoms with Gasteiger partial charge in [-0.05, 0) is 12.8 Å². The molecule has 0 saturated heterocycles. The first-order valence-corrected chi connectivity index (χ1v) is 5.35. The van der Waals surface area contributed by atoms with Crippen molar-refractivity contribution in [3.8, 4) is 0 Å². The summed E-state index contributed by atoms with van der Waals surface area (Å²) in [4.78, 5) is 0. The summed E-state index contributed by atoms with van der Waals surface area (Å²) in [5.41, 5.74) is -4.41. The van der Waals surface area contributed by atoms with E-state index >= 15 is 0 Å². The zero-order valence-electron chi connectivity index (χ0n) is 10.2. The van der Waals surface area contributed by atoms with Gasteiger partial charge in [-0.3, -0.25) is 0 Å². The van der Waals surface area contributed by atoms with E-state index in [-0.39, 0.29) is 0 Å². The van der Waals surface area contributed by atoms with Crippen molar-refractivity contribution in [2.24, 2.45) is 0 Å². The van der Waals surface area contributed by atoms with Gasteiger partial charge in [-0.2, -0.15) is 57.1 Å². The lowest BCUT2D eigenvalue weighted by atomic mass is 9.91. The molecule has 0 radical (unpaired) electrons. The van der Waals surface area contributed by atoms with Gasteiger partial charge in [0.1, 0.15) is 0 Å². The van der Waals surface area contributed by atoms with Gasteiger partial charge in [-0.15, -0.1) is 0 Å². The molecule has 1 aliphatic rings. The maximum absolute atomic E-state index is 13.0. The van der Waals surface area contributed by atoms with Gasteiger partial charge in [-0.1, -0.05) is 0 Å². The molecule has 14 heteroatoms. The van der Waals surface area contributed by atoms with Crippen LogP contribution in [0, 0.1) is 0 Å². The lowest BCUT2D eigenvalue weighted by Crippen LogP contribution is -2.71. The van der Waals surface area contributed by atoms with Gasteiger partial charge >= 0.3 is 35.8 Å². The van der Waals surface area contributed by atoms with Gasteiger partial charge < -0.3 is 0 Å². The van der Waals surface area contributed by atoms with Crippen LogP contribution in [-0.2, 0) is 0 Å². The Balaban J connectivity index is 3.44. The minimum atomic E-state index is -7.98. The summed E-state index contributed by atoms with van der Waals surface area (Å²) in [5, 5.41) is 0.